The van der Waals surface area contributed by atoms with E-state index in [-0.39, 0.29) is 12.6 Å². The van der Waals surface area contributed by atoms with Crippen LogP contribution in [-0.2, 0) is 14.3 Å². The van der Waals surface area contributed by atoms with Crippen LogP contribution in [0.5, 0.6) is 0 Å². The second-order valence-electron chi connectivity index (χ2n) is 6.44. The van der Waals surface area contributed by atoms with E-state index in [1.807, 2.05) is 0 Å². The Morgan fingerprint density at radius 1 is 1.30 bits per heavy atom. The first kappa shape index (κ1) is 15.1. The smallest absolute Gasteiger partial charge is 0.410 e. The quantitative estimate of drug-likeness (QED) is 0.770. The molecule has 0 saturated carbocycles. The van der Waals surface area contributed by atoms with Crippen molar-refractivity contribution in [2.24, 2.45) is 5.92 Å². The van der Waals surface area contributed by atoms with Crippen LogP contribution in [0.1, 0.15) is 33.6 Å². The zero-order valence-corrected chi connectivity index (χ0v) is 12.5. The molecule has 0 aromatic rings. The van der Waals surface area contributed by atoms with E-state index in [4.69, 9.17) is 9.47 Å². The maximum absolute atomic E-state index is 12.0. The average Bonchev–Trinajstić information content (AvgIpc) is 2.78. The number of nitrogens with zero attached hydrogens (tertiary/aromatic N) is 1. The lowest BCUT2D eigenvalue weighted by atomic mass is 9.94. The fourth-order valence-electron chi connectivity index (χ4n) is 2.87. The number of esters is 1. The monoisotopic (exact) mass is 284 g/mol. The lowest BCUT2D eigenvalue weighted by Gasteiger charge is -2.31. The number of ether oxygens (including phenoxy) is 2. The third-order valence-electron chi connectivity index (χ3n) is 3.70. The molecule has 2 atom stereocenters. The molecule has 0 aromatic carbocycles. The highest BCUT2D eigenvalue weighted by Crippen LogP contribution is 2.29. The average molecular weight is 284 g/mol. The maximum Gasteiger partial charge on any atom is 0.410 e. The largest absolute Gasteiger partial charge is 0.457 e. The molecule has 0 aliphatic carbocycles. The third kappa shape index (κ3) is 3.85. The molecule has 1 N–H and O–H groups in total. The van der Waals surface area contributed by atoms with Gasteiger partial charge in [-0.1, -0.05) is 0 Å². The van der Waals surface area contributed by atoms with Crippen LogP contribution in [0.15, 0.2) is 0 Å². The molecule has 0 radical (unpaired) electrons. The zero-order valence-electron chi connectivity index (χ0n) is 12.5. The van der Waals surface area contributed by atoms with Crippen LogP contribution in [0.4, 0.5) is 4.79 Å². The fraction of sp³-hybridized carbons (Fsp3) is 0.857. The molecule has 2 unspecified atom stereocenters. The molecule has 2 aliphatic rings. The van der Waals surface area contributed by atoms with E-state index in [2.05, 4.69) is 5.32 Å². The minimum atomic E-state index is -0.560. The molecule has 2 rings (SSSR count). The highest BCUT2D eigenvalue weighted by Gasteiger charge is 2.39. The predicted molar refractivity (Wildman–Crippen MR) is 73.3 cm³/mol. The van der Waals surface area contributed by atoms with Crippen molar-refractivity contribution < 1.29 is 19.1 Å². The van der Waals surface area contributed by atoms with Gasteiger partial charge in [0.2, 0.25) is 0 Å². The van der Waals surface area contributed by atoms with Gasteiger partial charge in [0.25, 0.3) is 0 Å². The molecule has 2 aliphatic heterocycles. The lowest BCUT2D eigenvalue weighted by molar-refractivity contribution is -0.158. The molecule has 1 amide bonds. The first-order chi connectivity index (χ1) is 9.37. The van der Waals surface area contributed by atoms with Crippen LogP contribution in [-0.4, -0.2) is 54.8 Å². The number of nitrogens with one attached hydrogen (secondary N) is 1. The normalized spacial score (nSPS) is 26.1. The third-order valence-corrected chi connectivity index (χ3v) is 3.70. The molecule has 2 heterocycles. The van der Waals surface area contributed by atoms with Crippen molar-refractivity contribution in [1.29, 1.82) is 0 Å². The van der Waals surface area contributed by atoms with Gasteiger partial charge in [-0.05, 0) is 46.1 Å². The molecule has 6 nitrogen and oxygen atoms in total. The van der Waals surface area contributed by atoms with Gasteiger partial charge in [-0.15, -0.1) is 0 Å². The number of rotatable bonds is 2. The Balaban J connectivity index is 1.79. The number of piperidine rings is 1. The Morgan fingerprint density at radius 2 is 2.05 bits per heavy atom. The van der Waals surface area contributed by atoms with Crippen LogP contribution in [0.25, 0.3) is 0 Å². The first-order valence-electron chi connectivity index (χ1n) is 7.23. The zero-order chi connectivity index (χ0) is 14.8. The molecule has 114 valence electrons. The summed E-state index contributed by atoms with van der Waals surface area (Å²) in [6.45, 7) is 7.57. The van der Waals surface area contributed by atoms with Crippen molar-refractivity contribution in [3.05, 3.63) is 0 Å². The number of carbonyl (C=O) groups excluding carboxylic acids is 2. The fourth-order valence-corrected chi connectivity index (χ4v) is 2.87. The van der Waals surface area contributed by atoms with Gasteiger partial charge >= 0.3 is 12.1 Å². The van der Waals surface area contributed by atoms with E-state index in [1.165, 1.54) is 0 Å². The van der Waals surface area contributed by atoms with Crippen molar-refractivity contribution in [3.63, 3.8) is 0 Å². The highest BCUT2D eigenvalue weighted by atomic mass is 16.6. The van der Waals surface area contributed by atoms with Crippen molar-refractivity contribution in [3.8, 4) is 0 Å². The van der Waals surface area contributed by atoms with Crippen LogP contribution >= 0.6 is 0 Å². The molecule has 0 aromatic heterocycles. The highest BCUT2D eigenvalue weighted by molar-refractivity contribution is 5.76. The molecule has 20 heavy (non-hydrogen) atoms. The second kappa shape index (κ2) is 5.99. The van der Waals surface area contributed by atoms with Gasteiger partial charge in [-0.3, -0.25) is 0 Å². The van der Waals surface area contributed by atoms with Crippen LogP contribution in [0.3, 0.4) is 0 Å². The van der Waals surface area contributed by atoms with Crippen LogP contribution in [0.2, 0.25) is 0 Å². The summed E-state index contributed by atoms with van der Waals surface area (Å²) in [7, 11) is 0. The minimum Gasteiger partial charge on any atom is -0.457 e. The van der Waals surface area contributed by atoms with E-state index < -0.39 is 17.7 Å². The molecule has 2 fully saturated rings. The van der Waals surface area contributed by atoms with Crippen molar-refractivity contribution in [2.75, 3.05) is 26.2 Å². The van der Waals surface area contributed by atoms with Gasteiger partial charge in [-0.25, -0.2) is 9.59 Å². The summed E-state index contributed by atoms with van der Waals surface area (Å²) >= 11 is 0. The van der Waals surface area contributed by atoms with Crippen molar-refractivity contribution >= 4 is 12.1 Å². The summed E-state index contributed by atoms with van der Waals surface area (Å²) in [5.41, 5.74) is -0.560. The van der Waals surface area contributed by atoms with Crippen LogP contribution < -0.4 is 5.32 Å². The van der Waals surface area contributed by atoms with E-state index in [0.29, 0.717) is 12.5 Å². The van der Waals surface area contributed by atoms with Gasteiger partial charge in [0.15, 0.2) is 6.61 Å². The van der Waals surface area contributed by atoms with Crippen molar-refractivity contribution in [1.82, 2.24) is 10.2 Å². The van der Waals surface area contributed by atoms with Gasteiger partial charge < -0.3 is 19.7 Å². The Bertz CT molecular complexity index is 378. The van der Waals surface area contributed by atoms with E-state index in [1.54, 1.807) is 25.7 Å². The van der Waals surface area contributed by atoms with Gasteiger partial charge in [0, 0.05) is 13.1 Å². The maximum atomic E-state index is 12.0. The molecule has 2 saturated heterocycles. The summed E-state index contributed by atoms with van der Waals surface area (Å²) in [6.07, 6.45) is 1.71. The Hall–Kier alpha value is -1.30. The second-order valence-corrected chi connectivity index (χ2v) is 6.44. The standard InChI is InChI=1S/C14H24N2O4/c1-14(2,3)20-12(17)9-19-13(18)16-7-5-10-4-6-15-8-11(10)16/h10-11,15H,4-9H2,1-3H3. The minimum absolute atomic E-state index is 0.204. The first-order valence-corrected chi connectivity index (χ1v) is 7.23. The summed E-state index contributed by atoms with van der Waals surface area (Å²) < 4.78 is 10.2. The number of hydrogen-bond acceptors (Lipinski definition) is 5. The topological polar surface area (TPSA) is 67.9 Å². The molecule has 6 heteroatoms. The number of likely N-dealkylation sites (tertiary alicyclic amines) is 1. The molecule has 0 bridgehead atoms. The SMILES string of the molecule is CC(C)(C)OC(=O)COC(=O)N1CCC2CCNCC21. The predicted octanol–water partition coefficient (Wildman–Crippen LogP) is 1.15. The summed E-state index contributed by atoms with van der Waals surface area (Å²) in [4.78, 5) is 25.3. The summed E-state index contributed by atoms with van der Waals surface area (Å²) in [5.74, 6) is 0.0497. The molecular weight excluding hydrogens is 260 g/mol. The Morgan fingerprint density at radius 3 is 2.75 bits per heavy atom. The van der Waals surface area contributed by atoms with Gasteiger partial charge in [0.05, 0.1) is 6.04 Å². The van der Waals surface area contributed by atoms with Gasteiger partial charge in [-0.2, -0.15) is 0 Å². The summed E-state index contributed by atoms with van der Waals surface area (Å²) in [6, 6.07) is 0.204. The van der Waals surface area contributed by atoms with Gasteiger partial charge in [0.1, 0.15) is 5.60 Å². The van der Waals surface area contributed by atoms with E-state index in [9.17, 15) is 9.59 Å². The Labute approximate surface area is 119 Å². The number of carbonyl (C=O) groups is 2. The summed E-state index contributed by atoms with van der Waals surface area (Å²) in [5, 5.41) is 3.30. The van der Waals surface area contributed by atoms with E-state index >= 15 is 0 Å². The number of fused-ring (bicyclic) bond motifs is 1. The van der Waals surface area contributed by atoms with E-state index in [0.717, 1.165) is 25.9 Å². The number of hydrogen-bond donors (Lipinski definition) is 1. The molecular formula is C14H24N2O4. The lowest BCUT2D eigenvalue weighted by Crippen LogP contribution is -2.48. The molecule has 0 spiro atoms. The van der Waals surface area contributed by atoms with Crippen molar-refractivity contribution in [2.45, 2.75) is 45.3 Å². The van der Waals surface area contributed by atoms with Crippen LogP contribution in [0, 0.1) is 5.92 Å². The number of amides is 1. The Kier molecular flexibility index (Phi) is 4.52.